The molecule has 0 saturated carbocycles. The first-order chi connectivity index (χ1) is 28.6. The largest absolute Gasteiger partial charge is 0.456 e. The smallest absolute Gasteiger partial charge is 0.136 e. The third-order valence-corrected chi connectivity index (χ3v) is 12.2. The molecule has 10 aromatic carbocycles. The third kappa shape index (κ3) is 5.16. The van der Waals surface area contributed by atoms with Gasteiger partial charge in [0.15, 0.2) is 0 Å². The average molecular weight is 725 g/mol. The van der Waals surface area contributed by atoms with Crippen LogP contribution in [0.15, 0.2) is 138 Å². The molecule has 1 nitrogen and oxygen atoms in total. The Kier molecular flexibility index (Phi) is 8.02. The van der Waals surface area contributed by atoms with Crippen molar-refractivity contribution in [2.45, 2.75) is 0 Å². The number of rotatable bonds is 3. The predicted molar refractivity (Wildman–Crippen MR) is 261 cm³/mol. The molecule has 252 valence electrons. The number of furan rings is 1. The van der Waals surface area contributed by atoms with Crippen LogP contribution in [0.1, 0.15) is 0 Å². The molecule has 0 unspecified atom stereocenters. The average Bonchev–Trinajstić information content (AvgIpc) is 3.62. The first kappa shape index (κ1) is 35.9. The van der Waals surface area contributed by atoms with Crippen molar-refractivity contribution in [3.8, 4) is 33.4 Å². The molecule has 0 amide bonds. The van der Waals surface area contributed by atoms with E-state index in [1.807, 2.05) is 48.5 Å². The van der Waals surface area contributed by atoms with Crippen LogP contribution in [-0.2, 0) is 0 Å². The van der Waals surface area contributed by atoms with Crippen LogP contribution in [-0.4, -0.2) is 62.8 Å². The van der Waals surface area contributed by atoms with Crippen molar-refractivity contribution in [1.82, 2.24) is 0 Å². The van der Waals surface area contributed by atoms with E-state index in [1.165, 1.54) is 5.39 Å². The highest BCUT2D eigenvalue weighted by atomic mass is 16.3. The molecule has 16 radical (unpaired) electrons. The summed E-state index contributed by atoms with van der Waals surface area (Å²) in [6, 6.07) is 45.7. The summed E-state index contributed by atoms with van der Waals surface area (Å²) in [4.78, 5) is 0. The van der Waals surface area contributed by atoms with Crippen LogP contribution in [0.4, 0.5) is 0 Å². The van der Waals surface area contributed by atoms with Crippen molar-refractivity contribution in [2.75, 3.05) is 0 Å². The third-order valence-electron chi connectivity index (χ3n) is 12.2. The van der Waals surface area contributed by atoms with Gasteiger partial charge in [0.25, 0.3) is 0 Å². The molecule has 0 N–H and O–H groups in total. The van der Waals surface area contributed by atoms with E-state index in [2.05, 4.69) is 84.9 Å². The van der Waals surface area contributed by atoms with E-state index < -0.39 is 0 Å². The highest BCUT2D eigenvalue weighted by molar-refractivity contribution is 6.71. The Morgan fingerprint density at radius 1 is 0.288 bits per heavy atom. The molecular formula is C50H22B8O. The fraction of sp³-hybridized carbons (Fsp3) is 0. The lowest BCUT2D eigenvalue weighted by Crippen LogP contribution is -2.50. The van der Waals surface area contributed by atoms with E-state index in [1.54, 1.807) is 0 Å². The summed E-state index contributed by atoms with van der Waals surface area (Å²) in [5, 5.41) is 10.5. The minimum Gasteiger partial charge on any atom is -0.456 e. The first-order valence-electron chi connectivity index (χ1n) is 19.2. The van der Waals surface area contributed by atoms with Gasteiger partial charge in [-0.25, -0.2) is 0 Å². The molecular weight excluding hydrogens is 703 g/mol. The lowest BCUT2D eigenvalue weighted by Gasteiger charge is -2.29. The molecule has 0 spiro atoms. The number of benzene rings is 10. The standard InChI is InChI=1S/C50H22B8O/c51-43-39-37(28-15-18-35-33(21-28)34-20-25-9-3-4-10-26(25)22-36(34)59-35)40-42(46(54)50(58)48(56)44(40)52)38(41(39)45(53)49(57)47(43)55)32-17-16-29(30-11-5-6-12-31(30)32)27-14-13-23-7-1-2-8-24(23)19-27/h1-22H. The Morgan fingerprint density at radius 2 is 0.746 bits per heavy atom. The summed E-state index contributed by atoms with van der Waals surface area (Å²) in [5.74, 6) is 0. The number of hydrogen-bond donors (Lipinski definition) is 0. The van der Waals surface area contributed by atoms with Crippen molar-refractivity contribution in [3.63, 3.8) is 0 Å². The minimum atomic E-state index is 0.161. The van der Waals surface area contributed by atoms with Gasteiger partial charge in [-0.2, -0.15) is 0 Å². The molecule has 0 bridgehead atoms. The lowest BCUT2D eigenvalue weighted by atomic mass is 9.59. The summed E-state index contributed by atoms with van der Waals surface area (Å²) in [6.07, 6.45) is 0. The molecule has 1 aromatic heterocycles. The number of fused-ring (bicyclic) bond motifs is 8. The zero-order valence-electron chi connectivity index (χ0n) is 31.7. The maximum Gasteiger partial charge on any atom is 0.136 e. The Labute approximate surface area is 351 Å². The van der Waals surface area contributed by atoms with Gasteiger partial charge in [0.05, 0.1) is 0 Å². The normalized spacial score (nSPS) is 11.9. The maximum absolute atomic E-state index is 7.14. The van der Waals surface area contributed by atoms with Crippen LogP contribution in [0.3, 0.4) is 0 Å². The zero-order valence-corrected chi connectivity index (χ0v) is 31.7. The Bertz CT molecular complexity index is 3580. The van der Waals surface area contributed by atoms with Crippen molar-refractivity contribution in [2.24, 2.45) is 0 Å². The summed E-state index contributed by atoms with van der Waals surface area (Å²) >= 11 is 0. The molecule has 0 aliphatic rings. The van der Waals surface area contributed by atoms with Gasteiger partial charge in [0.2, 0.25) is 0 Å². The fourth-order valence-corrected chi connectivity index (χ4v) is 9.25. The van der Waals surface area contributed by atoms with E-state index in [9.17, 15) is 0 Å². The van der Waals surface area contributed by atoms with Crippen molar-refractivity contribution < 1.29 is 4.42 Å². The van der Waals surface area contributed by atoms with Crippen molar-refractivity contribution >= 4 is 182 Å². The van der Waals surface area contributed by atoms with Gasteiger partial charge in [-0.3, -0.25) is 0 Å². The van der Waals surface area contributed by atoms with E-state index >= 15 is 0 Å². The van der Waals surface area contributed by atoms with E-state index in [0.717, 1.165) is 71.1 Å². The fourth-order valence-electron chi connectivity index (χ4n) is 9.25. The molecule has 1 heterocycles. The molecule has 0 fully saturated rings. The highest BCUT2D eigenvalue weighted by Crippen LogP contribution is 2.45. The van der Waals surface area contributed by atoms with E-state index in [0.29, 0.717) is 32.7 Å². The van der Waals surface area contributed by atoms with Crippen LogP contribution in [0.25, 0.3) is 109 Å². The molecule has 59 heavy (non-hydrogen) atoms. The zero-order chi connectivity index (χ0) is 40.4. The van der Waals surface area contributed by atoms with E-state index in [4.69, 9.17) is 67.2 Å². The van der Waals surface area contributed by atoms with E-state index in [-0.39, 0.29) is 43.7 Å². The van der Waals surface area contributed by atoms with Gasteiger partial charge >= 0.3 is 0 Å². The molecule has 0 atom stereocenters. The molecule has 11 rings (SSSR count). The van der Waals surface area contributed by atoms with Crippen molar-refractivity contribution in [3.05, 3.63) is 133 Å². The first-order valence-corrected chi connectivity index (χ1v) is 19.2. The van der Waals surface area contributed by atoms with Crippen LogP contribution < -0.4 is 43.7 Å². The molecule has 9 heteroatoms. The topological polar surface area (TPSA) is 13.1 Å². The number of hydrogen-bond acceptors (Lipinski definition) is 1. The minimum absolute atomic E-state index is 0.161. The summed E-state index contributed by atoms with van der Waals surface area (Å²) < 4.78 is 6.40. The summed E-state index contributed by atoms with van der Waals surface area (Å²) in [7, 11) is 55.4. The van der Waals surface area contributed by atoms with Gasteiger partial charge in [-0.05, 0) is 118 Å². The van der Waals surface area contributed by atoms with Crippen molar-refractivity contribution in [1.29, 1.82) is 0 Å². The van der Waals surface area contributed by atoms with Gasteiger partial charge in [-0.15, -0.1) is 21.9 Å². The quantitative estimate of drug-likeness (QED) is 0.190. The molecule has 11 aromatic rings. The predicted octanol–water partition coefficient (Wildman–Crippen LogP) is 4.70. The second-order valence-electron chi connectivity index (χ2n) is 15.3. The SMILES string of the molecule is [B]c1c([B])c([B])c2c(-c3ccc(-c4ccc5ccccc5c4)c4ccccc34)c3c([B])c([B])c([B])c([B])c3c(-c3ccc4oc5cc6ccccc6cc5c4c3)c2c1[B]. The van der Waals surface area contributed by atoms with Gasteiger partial charge < -0.3 is 4.42 Å². The monoisotopic (exact) mass is 726 g/mol. The molecule has 0 aliphatic carbocycles. The summed E-state index contributed by atoms with van der Waals surface area (Å²) in [6.45, 7) is 0. The summed E-state index contributed by atoms with van der Waals surface area (Å²) in [5.41, 5.74) is 8.15. The Balaban J connectivity index is 1.30. The molecule has 0 aliphatic heterocycles. The van der Waals surface area contributed by atoms with Crippen LogP contribution >= 0.6 is 0 Å². The Hall–Kier alpha value is -6.18. The van der Waals surface area contributed by atoms with Gasteiger partial charge in [0.1, 0.15) is 73.9 Å². The second kappa shape index (κ2) is 13.2. The second-order valence-corrected chi connectivity index (χ2v) is 15.3. The maximum atomic E-state index is 7.14. The Morgan fingerprint density at radius 3 is 1.36 bits per heavy atom. The molecule has 0 saturated heterocycles. The van der Waals surface area contributed by atoms with Crippen LogP contribution in [0.5, 0.6) is 0 Å². The van der Waals surface area contributed by atoms with Gasteiger partial charge in [0, 0.05) is 10.8 Å². The van der Waals surface area contributed by atoms with Gasteiger partial charge in [-0.1, -0.05) is 125 Å². The lowest BCUT2D eigenvalue weighted by molar-refractivity contribution is 0.669. The highest BCUT2D eigenvalue weighted by Gasteiger charge is 2.26. The van der Waals surface area contributed by atoms with Crippen LogP contribution in [0.2, 0.25) is 0 Å². The van der Waals surface area contributed by atoms with Crippen LogP contribution in [0, 0.1) is 0 Å².